The van der Waals surface area contributed by atoms with Crippen molar-refractivity contribution in [3.8, 4) is 5.75 Å². The summed E-state index contributed by atoms with van der Waals surface area (Å²) in [6.45, 7) is 0. The molecule has 2 atom stereocenters. The van der Waals surface area contributed by atoms with Crippen LogP contribution in [0.2, 0.25) is 10.0 Å². The van der Waals surface area contributed by atoms with Gasteiger partial charge in [0.2, 0.25) is 0 Å². The first-order valence-electron chi connectivity index (χ1n) is 6.28. The maximum absolute atomic E-state index is 12.7. The van der Waals surface area contributed by atoms with Crippen LogP contribution in [-0.2, 0) is 0 Å². The summed E-state index contributed by atoms with van der Waals surface area (Å²) in [7, 11) is 0. The fourth-order valence-corrected chi connectivity index (χ4v) is 2.99. The second-order valence-corrected chi connectivity index (χ2v) is 5.85. The van der Waals surface area contributed by atoms with Gasteiger partial charge in [0.05, 0.1) is 16.0 Å². The number of phenols is 1. The SMILES string of the molecule is Oc1c(Cl)cc(NC2CCCC(C(F)(F)F)C2)cc1Cl. The summed E-state index contributed by atoms with van der Waals surface area (Å²) in [6, 6.07) is 2.65. The predicted molar refractivity (Wildman–Crippen MR) is 73.6 cm³/mol. The van der Waals surface area contributed by atoms with Crippen LogP contribution >= 0.6 is 23.2 Å². The minimum Gasteiger partial charge on any atom is -0.505 e. The van der Waals surface area contributed by atoms with E-state index < -0.39 is 12.1 Å². The van der Waals surface area contributed by atoms with Crippen LogP contribution in [0.5, 0.6) is 5.75 Å². The normalized spacial score (nSPS) is 23.6. The largest absolute Gasteiger partial charge is 0.505 e. The zero-order chi connectivity index (χ0) is 14.9. The van der Waals surface area contributed by atoms with Crippen LogP contribution in [0.4, 0.5) is 18.9 Å². The van der Waals surface area contributed by atoms with Crippen molar-refractivity contribution in [1.82, 2.24) is 0 Å². The molecule has 0 aliphatic heterocycles. The summed E-state index contributed by atoms with van der Waals surface area (Å²) in [5.74, 6) is -1.49. The standard InChI is InChI=1S/C13H14Cl2F3NO/c14-10-5-9(6-11(15)12(10)20)19-8-3-1-2-7(4-8)13(16,17)18/h5-8,19-20H,1-4H2. The van der Waals surface area contributed by atoms with E-state index in [4.69, 9.17) is 23.2 Å². The van der Waals surface area contributed by atoms with Crippen molar-refractivity contribution in [2.75, 3.05) is 5.32 Å². The molecule has 0 aromatic heterocycles. The first-order chi connectivity index (χ1) is 9.27. The van der Waals surface area contributed by atoms with Gasteiger partial charge in [-0.2, -0.15) is 13.2 Å². The fraction of sp³-hybridized carbons (Fsp3) is 0.538. The number of benzene rings is 1. The molecule has 0 radical (unpaired) electrons. The summed E-state index contributed by atoms with van der Waals surface area (Å²) in [6.07, 6.45) is -2.73. The van der Waals surface area contributed by atoms with Crippen molar-refractivity contribution in [2.45, 2.75) is 37.9 Å². The number of nitrogens with one attached hydrogen (secondary N) is 1. The van der Waals surface area contributed by atoms with Crippen LogP contribution in [-0.4, -0.2) is 17.3 Å². The van der Waals surface area contributed by atoms with E-state index >= 15 is 0 Å². The molecule has 2 N–H and O–H groups in total. The molecule has 2 nitrogen and oxygen atoms in total. The van der Waals surface area contributed by atoms with Gasteiger partial charge < -0.3 is 10.4 Å². The van der Waals surface area contributed by atoms with E-state index in [1.807, 2.05) is 0 Å². The molecule has 112 valence electrons. The first-order valence-corrected chi connectivity index (χ1v) is 7.04. The van der Waals surface area contributed by atoms with Crippen LogP contribution in [0.1, 0.15) is 25.7 Å². The lowest BCUT2D eigenvalue weighted by atomic mass is 9.85. The number of alkyl halides is 3. The molecule has 1 aliphatic carbocycles. The molecule has 1 aliphatic rings. The average molecular weight is 328 g/mol. The van der Waals surface area contributed by atoms with E-state index in [0.29, 0.717) is 18.5 Å². The quantitative estimate of drug-likeness (QED) is 0.729. The predicted octanol–water partition coefficient (Wildman–Crippen LogP) is 5.23. The van der Waals surface area contributed by atoms with Crippen LogP contribution in [0.15, 0.2) is 12.1 Å². The highest BCUT2D eigenvalue weighted by Crippen LogP contribution is 2.39. The molecule has 1 aromatic rings. The van der Waals surface area contributed by atoms with Gasteiger partial charge in [0.15, 0.2) is 5.75 Å². The molecule has 0 spiro atoms. The summed E-state index contributed by atoms with van der Waals surface area (Å²) in [4.78, 5) is 0. The second-order valence-electron chi connectivity index (χ2n) is 5.03. The maximum Gasteiger partial charge on any atom is 0.391 e. The van der Waals surface area contributed by atoms with Crippen LogP contribution in [0.25, 0.3) is 0 Å². The Balaban J connectivity index is 2.07. The van der Waals surface area contributed by atoms with Gasteiger partial charge in [0.1, 0.15) is 0 Å². The van der Waals surface area contributed by atoms with Crippen molar-refractivity contribution in [3.63, 3.8) is 0 Å². The summed E-state index contributed by atoms with van der Waals surface area (Å²) in [5.41, 5.74) is 0.519. The van der Waals surface area contributed by atoms with Crippen molar-refractivity contribution >= 4 is 28.9 Å². The van der Waals surface area contributed by atoms with Gasteiger partial charge in [-0.25, -0.2) is 0 Å². The Hall–Kier alpha value is -0.810. The Morgan fingerprint density at radius 2 is 1.75 bits per heavy atom. The molecule has 7 heteroatoms. The molecular formula is C13H14Cl2F3NO. The lowest BCUT2D eigenvalue weighted by molar-refractivity contribution is -0.182. The fourth-order valence-electron chi connectivity index (χ4n) is 2.50. The third-order valence-electron chi connectivity index (χ3n) is 3.52. The van der Waals surface area contributed by atoms with Crippen LogP contribution < -0.4 is 5.32 Å². The maximum atomic E-state index is 12.7. The molecule has 2 rings (SSSR count). The Labute approximate surface area is 124 Å². The average Bonchev–Trinajstić information content (AvgIpc) is 2.35. The number of phenolic OH excluding ortho intramolecular Hbond substituents is 1. The number of hydrogen-bond acceptors (Lipinski definition) is 2. The Morgan fingerprint density at radius 3 is 2.30 bits per heavy atom. The van der Waals surface area contributed by atoms with Gasteiger partial charge in [-0.05, 0) is 31.4 Å². The molecule has 0 saturated heterocycles. The lowest BCUT2D eigenvalue weighted by Gasteiger charge is -2.31. The zero-order valence-corrected chi connectivity index (χ0v) is 12.0. The third kappa shape index (κ3) is 3.64. The Morgan fingerprint density at radius 1 is 1.15 bits per heavy atom. The highest BCUT2D eigenvalue weighted by molar-refractivity contribution is 6.37. The zero-order valence-electron chi connectivity index (χ0n) is 10.5. The van der Waals surface area contributed by atoms with Gasteiger partial charge in [-0.15, -0.1) is 0 Å². The van der Waals surface area contributed by atoms with Crippen molar-refractivity contribution in [1.29, 1.82) is 0 Å². The summed E-state index contributed by atoms with van der Waals surface area (Å²) < 4.78 is 38.2. The molecule has 20 heavy (non-hydrogen) atoms. The van der Waals surface area contributed by atoms with E-state index in [0.717, 1.165) is 0 Å². The monoisotopic (exact) mass is 327 g/mol. The smallest absolute Gasteiger partial charge is 0.391 e. The first kappa shape index (κ1) is 15.6. The summed E-state index contributed by atoms with van der Waals surface area (Å²) in [5, 5.41) is 12.6. The number of rotatable bonds is 2. The van der Waals surface area contributed by atoms with E-state index in [1.54, 1.807) is 0 Å². The molecule has 1 aromatic carbocycles. The second kappa shape index (κ2) is 5.90. The van der Waals surface area contributed by atoms with Gasteiger partial charge in [-0.3, -0.25) is 0 Å². The molecule has 2 unspecified atom stereocenters. The minimum atomic E-state index is -4.15. The number of aromatic hydroxyl groups is 1. The van der Waals surface area contributed by atoms with E-state index in [1.165, 1.54) is 12.1 Å². The lowest BCUT2D eigenvalue weighted by Crippen LogP contribution is -2.34. The van der Waals surface area contributed by atoms with Crippen molar-refractivity contribution in [2.24, 2.45) is 5.92 Å². The Kier molecular flexibility index (Phi) is 4.59. The van der Waals surface area contributed by atoms with E-state index in [2.05, 4.69) is 5.32 Å². The van der Waals surface area contributed by atoms with E-state index in [-0.39, 0.29) is 34.7 Å². The number of anilines is 1. The topological polar surface area (TPSA) is 32.3 Å². The number of halogens is 5. The Bertz CT molecular complexity index is 470. The molecule has 1 saturated carbocycles. The van der Waals surface area contributed by atoms with Gasteiger partial charge in [-0.1, -0.05) is 29.6 Å². The molecule has 1 fully saturated rings. The summed E-state index contributed by atoms with van der Waals surface area (Å²) >= 11 is 11.6. The van der Waals surface area contributed by atoms with Gasteiger partial charge in [0, 0.05) is 11.7 Å². The highest BCUT2D eigenvalue weighted by Gasteiger charge is 2.42. The number of hydrogen-bond donors (Lipinski definition) is 2. The van der Waals surface area contributed by atoms with Crippen LogP contribution in [0.3, 0.4) is 0 Å². The van der Waals surface area contributed by atoms with Crippen molar-refractivity contribution < 1.29 is 18.3 Å². The van der Waals surface area contributed by atoms with Gasteiger partial charge >= 0.3 is 6.18 Å². The molecule has 0 heterocycles. The minimum absolute atomic E-state index is 0.0413. The highest BCUT2D eigenvalue weighted by atomic mass is 35.5. The molecule has 0 amide bonds. The van der Waals surface area contributed by atoms with Crippen LogP contribution in [0, 0.1) is 5.92 Å². The third-order valence-corrected chi connectivity index (χ3v) is 4.10. The van der Waals surface area contributed by atoms with Gasteiger partial charge in [0.25, 0.3) is 0 Å². The van der Waals surface area contributed by atoms with Crippen molar-refractivity contribution in [3.05, 3.63) is 22.2 Å². The van der Waals surface area contributed by atoms with E-state index in [9.17, 15) is 18.3 Å². The molecular weight excluding hydrogens is 314 g/mol. The molecule has 0 bridgehead atoms.